The summed E-state index contributed by atoms with van der Waals surface area (Å²) in [6.07, 6.45) is 3.94. The van der Waals surface area contributed by atoms with Crippen LogP contribution in [0.1, 0.15) is 37.9 Å². The zero-order valence-corrected chi connectivity index (χ0v) is 11.7. The third kappa shape index (κ3) is 3.83. The van der Waals surface area contributed by atoms with Gasteiger partial charge in [0.1, 0.15) is 5.75 Å². The molecule has 0 saturated carbocycles. The Morgan fingerprint density at radius 3 is 2.74 bits per heavy atom. The molecule has 1 atom stereocenters. The number of aromatic nitrogens is 2. The summed E-state index contributed by atoms with van der Waals surface area (Å²) in [5, 5.41) is 10.3. The first kappa shape index (κ1) is 13.6. The van der Waals surface area contributed by atoms with Gasteiger partial charge in [0.2, 0.25) is 0 Å². The van der Waals surface area contributed by atoms with Crippen LogP contribution in [0, 0.1) is 0 Å². The highest BCUT2D eigenvalue weighted by atomic mass is 16.5. The molecule has 1 aromatic heterocycles. The van der Waals surface area contributed by atoms with E-state index in [9.17, 15) is 0 Å². The van der Waals surface area contributed by atoms with Crippen LogP contribution >= 0.6 is 0 Å². The fourth-order valence-electron chi connectivity index (χ4n) is 1.90. The molecule has 1 heterocycles. The van der Waals surface area contributed by atoms with Crippen LogP contribution in [0.5, 0.6) is 5.75 Å². The van der Waals surface area contributed by atoms with E-state index >= 15 is 0 Å². The van der Waals surface area contributed by atoms with E-state index in [0.717, 1.165) is 17.9 Å². The summed E-state index contributed by atoms with van der Waals surface area (Å²) in [4.78, 5) is 0. The van der Waals surface area contributed by atoms with E-state index in [4.69, 9.17) is 4.74 Å². The largest absolute Gasteiger partial charge is 0.491 e. The smallest absolute Gasteiger partial charge is 0.124 e. The van der Waals surface area contributed by atoms with E-state index < -0.39 is 0 Å². The van der Waals surface area contributed by atoms with Crippen molar-refractivity contribution in [2.24, 2.45) is 0 Å². The second-order valence-corrected chi connectivity index (χ2v) is 4.91. The number of nitrogens with zero attached hydrogens (tertiary/aromatic N) is 1. The Bertz CT molecular complexity index is 494. The Balaban J connectivity index is 1.99. The van der Waals surface area contributed by atoms with E-state index in [1.54, 1.807) is 0 Å². The standard InChI is InChI=1S/C15H21N3O/c1-11(2)19-15-7-5-4-6-13(15)8-16-12(3)14-9-17-18-10-14/h4-7,9-12,16H,8H2,1-3H3,(H,17,18). The number of hydrogen-bond donors (Lipinski definition) is 2. The summed E-state index contributed by atoms with van der Waals surface area (Å²) < 4.78 is 5.81. The SMILES string of the molecule is CC(C)Oc1ccccc1CNC(C)c1cn[nH]c1. The highest BCUT2D eigenvalue weighted by Gasteiger charge is 2.09. The van der Waals surface area contributed by atoms with E-state index in [2.05, 4.69) is 28.5 Å². The molecular weight excluding hydrogens is 238 g/mol. The molecule has 1 unspecified atom stereocenters. The zero-order valence-electron chi connectivity index (χ0n) is 11.7. The number of rotatable bonds is 6. The monoisotopic (exact) mass is 259 g/mol. The van der Waals surface area contributed by atoms with Crippen molar-refractivity contribution in [2.75, 3.05) is 0 Å². The summed E-state index contributed by atoms with van der Waals surface area (Å²) in [5.74, 6) is 0.949. The van der Waals surface area contributed by atoms with Crippen molar-refractivity contribution < 1.29 is 4.74 Å². The summed E-state index contributed by atoms with van der Waals surface area (Å²) in [6, 6.07) is 8.39. The minimum Gasteiger partial charge on any atom is -0.491 e. The van der Waals surface area contributed by atoms with Gasteiger partial charge in [0, 0.05) is 29.9 Å². The minimum absolute atomic E-state index is 0.187. The lowest BCUT2D eigenvalue weighted by Gasteiger charge is -2.16. The van der Waals surface area contributed by atoms with Gasteiger partial charge in [-0.25, -0.2) is 0 Å². The molecule has 102 valence electrons. The molecule has 0 aliphatic heterocycles. The predicted molar refractivity (Wildman–Crippen MR) is 76.0 cm³/mol. The predicted octanol–water partition coefficient (Wildman–Crippen LogP) is 3.05. The van der Waals surface area contributed by atoms with Crippen LogP contribution in [0.3, 0.4) is 0 Å². The van der Waals surface area contributed by atoms with Crippen LogP contribution in [0.15, 0.2) is 36.7 Å². The summed E-state index contributed by atoms with van der Waals surface area (Å²) in [6.45, 7) is 6.97. The summed E-state index contributed by atoms with van der Waals surface area (Å²) >= 11 is 0. The zero-order chi connectivity index (χ0) is 13.7. The van der Waals surface area contributed by atoms with Gasteiger partial charge in [-0.15, -0.1) is 0 Å². The van der Waals surface area contributed by atoms with Crippen LogP contribution in [0.2, 0.25) is 0 Å². The number of nitrogens with one attached hydrogen (secondary N) is 2. The third-order valence-corrected chi connectivity index (χ3v) is 2.95. The van der Waals surface area contributed by atoms with Gasteiger partial charge in [0.05, 0.1) is 12.3 Å². The normalized spacial score (nSPS) is 12.6. The van der Waals surface area contributed by atoms with Gasteiger partial charge in [-0.2, -0.15) is 5.10 Å². The Kier molecular flexibility index (Phi) is 4.58. The fourth-order valence-corrected chi connectivity index (χ4v) is 1.90. The highest BCUT2D eigenvalue weighted by molar-refractivity contribution is 5.33. The lowest BCUT2D eigenvalue weighted by atomic mass is 10.1. The molecular formula is C15H21N3O. The van der Waals surface area contributed by atoms with Crippen molar-refractivity contribution in [3.63, 3.8) is 0 Å². The van der Waals surface area contributed by atoms with Crippen LogP contribution < -0.4 is 10.1 Å². The molecule has 0 aliphatic carbocycles. The first-order chi connectivity index (χ1) is 9.16. The number of para-hydroxylation sites is 1. The Morgan fingerprint density at radius 1 is 1.26 bits per heavy atom. The molecule has 2 N–H and O–H groups in total. The molecule has 0 amide bonds. The van der Waals surface area contributed by atoms with Gasteiger partial charge in [-0.3, -0.25) is 5.10 Å². The number of benzene rings is 1. The van der Waals surface area contributed by atoms with Crippen LogP contribution in [-0.4, -0.2) is 16.3 Å². The molecule has 2 rings (SSSR count). The van der Waals surface area contributed by atoms with Crippen molar-refractivity contribution in [3.05, 3.63) is 47.8 Å². The molecule has 0 bridgehead atoms. The average molecular weight is 259 g/mol. The molecule has 4 nitrogen and oxygen atoms in total. The van der Waals surface area contributed by atoms with Gasteiger partial charge in [0.25, 0.3) is 0 Å². The number of ether oxygens (including phenoxy) is 1. The Hall–Kier alpha value is -1.81. The Labute approximate surface area is 114 Å². The minimum atomic E-state index is 0.187. The third-order valence-electron chi connectivity index (χ3n) is 2.95. The van der Waals surface area contributed by atoms with Crippen molar-refractivity contribution in [3.8, 4) is 5.75 Å². The van der Waals surface area contributed by atoms with E-state index in [0.29, 0.717) is 0 Å². The molecule has 0 fully saturated rings. The van der Waals surface area contributed by atoms with E-state index in [1.165, 1.54) is 5.56 Å². The maximum atomic E-state index is 5.81. The quantitative estimate of drug-likeness (QED) is 0.838. The topological polar surface area (TPSA) is 49.9 Å². The second kappa shape index (κ2) is 6.38. The van der Waals surface area contributed by atoms with Crippen molar-refractivity contribution in [1.29, 1.82) is 0 Å². The average Bonchev–Trinajstić information content (AvgIpc) is 2.90. The van der Waals surface area contributed by atoms with Crippen molar-refractivity contribution in [2.45, 2.75) is 39.5 Å². The summed E-state index contributed by atoms with van der Waals surface area (Å²) in [5.41, 5.74) is 2.33. The molecule has 4 heteroatoms. The number of aromatic amines is 1. The molecule has 1 aromatic carbocycles. The van der Waals surface area contributed by atoms with Crippen molar-refractivity contribution >= 4 is 0 Å². The second-order valence-electron chi connectivity index (χ2n) is 4.91. The van der Waals surface area contributed by atoms with Gasteiger partial charge in [-0.05, 0) is 26.8 Å². The lowest BCUT2D eigenvalue weighted by molar-refractivity contribution is 0.239. The molecule has 0 aliphatic rings. The molecule has 19 heavy (non-hydrogen) atoms. The number of hydrogen-bond acceptors (Lipinski definition) is 3. The van der Waals surface area contributed by atoms with Gasteiger partial charge in [-0.1, -0.05) is 18.2 Å². The first-order valence-corrected chi connectivity index (χ1v) is 6.63. The summed E-state index contributed by atoms with van der Waals surface area (Å²) in [7, 11) is 0. The number of H-pyrrole nitrogens is 1. The molecule has 0 radical (unpaired) electrons. The first-order valence-electron chi connectivity index (χ1n) is 6.63. The highest BCUT2D eigenvalue weighted by Crippen LogP contribution is 2.20. The molecule has 2 aromatic rings. The van der Waals surface area contributed by atoms with Gasteiger partial charge < -0.3 is 10.1 Å². The van der Waals surface area contributed by atoms with Crippen LogP contribution in [-0.2, 0) is 6.54 Å². The van der Waals surface area contributed by atoms with Crippen LogP contribution in [0.4, 0.5) is 0 Å². The van der Waals surface area contributed by atoms with Crippen LogP contribution in [0.25, 0.3) is 0 Å². The lowest BCUT2D eigenvalue weighted by Crippen LogP contribution is -2.18. The molecule has 0 saturated heterocycles. The van der Waals surface area contributed by atoms with E-state index in [-0.39, 0.29) is 12.1 Å². The molecule has 0 spiro atoms. The van der Waals surface area contributed by atoms with Gasteiger partial charge >= 0.3 is 0 Å². The van der Waals surface area contributed by atoms with Gasteiger partial charge in [0.15, 0.2) is 0 Å². The maximum absolute atomic E-state index is 5.81. The fraction of sp³-hybridized carbons (Fsp3) is 0.400. The maximum Gasteiger partial charge on any atom is 0.124 e. The Morgan fingerprint density at radius 2 is 2.05 bits per heavy atom. The van der Waals surface area contributed by atoms with Crippen molar-refractivity contribution in [1.82, 2.24) is 15.5 Å². The van der Waals surface area contributed by atoms with E-state index in [1.807, 2.05) is 44.4 Å².